The molecule has 0 aliphatic carbocycles. The second-order valence-corrected chi connectivity index (χ2v) is 4.40. The van der Waals surface area contributed by atoms with Crippen molar-refractivity contribution in [1.82, 2.24) is 0 Å². The summed E-state index contributed by atoms with van der Waals surface area (Å²) in [5, 5.41) is 9.38. The molecule has 2 rings (SSSR count). The summed E-state index contributed by atoms with van der Waals surface area (Å²) in [6.07, 6.45) is 2.28. The number of hydrogen-bond acceptors (Lipinski definition) is 4. The molecule has 0 saturated carbocycles. The van der Waals surface area contributed by atoms with Crippen LogP contribution in [-0.4, -0.2) is 31.9 Å². The largest absolute Gasteiger partial charge is 0.535 e. The highest BCUT2D eigenvalue weighted by molar-refractivity contribution is 6.45. The molecule has 1 heterocycles. The van der Waals surface area contributed by atoms with Gasteiger partial charge in [0.15, 0.2) is 0 Å². The number of fused-ring (bicyclic) bond motifs is 1. The van der Waals surface area contributed by atoms with Crippen LogP contribution in [0.5, 0.6) is 11.5 Å². The fourth-order valence-electron chi connectivity index (χ4n) is 2.10. The van der Waals surface area contributed by atoms with E-state index < -0.39 is 13.1 Å². The maximum atomic E-state index is 11.5. The molecule has 1 aliphatic rings. The minimum atomic E-state index is -1.04. The summed E-state index contributed by atoms with van der Waals surface area (Å²) in [6.45, 7) is 2.45. The summed E-state index contributed by atoms with van der Waals surface area (Å²) >= 11 is 0. The number of carbonyl (C=O) groups is 1. The monoisotopic (exact) mass is 264 g/mol. The van der Waals surface area contributed by atoms with Crippen molar-refractivity contribution in [3.63, 3.8) is 0 Å². The van der Waals surface area contributed by atoms with Crippen LogP contribution in [0.15, 0.2) is 12.1 Å². The van der Waals surface area contributed by atoms with E-state index in [2.05, 4.69) is 0 Å². The first-order valence-corrected chi connectivity index (χ1v) is 6.38. The molecule has 0 amide bonds. The van der Waals surface area contributed by atoms with Gasteiger partial charge in [-0.3, -0.25) is 0 Å². The van der Waals surface area contributed by atoms with Gasteiger partial charge in [0.25, 0.3) is 0 Å². The van der Waals surface area contributed by atoms with Gasteiger partial charge in [0, 0.05) is 7.11 Å². The Hall–Kier alpha value is -1.69. The summed E-state index contributed by atoms with van der Waals surface area (Å²) in [7, 11) is 1.15. The van der Waals surface area contributed by atoms with Gasteiger partial charge in [-0.05, 0) is 30.8 Å². The minimum Gasteiger partial charge on any atom is -0.535 e. The number of carboxylic acids is 1. The van der Waals surface area contributed by atoms with Crippen LogP contribution in [0.1, 0.15) is 29.3 Å². The lowest BCUT2D eigenvalue weighted by atomic mass is 9.77. The standard InChI is InChI=1S/C13H17BO5/c1-3-8-18-10-5-4-9-6-7-14(17-2)19-12(9)11(10)13(15)16/h4-5H,3,6-8H2,1-2H3,(H,15,16). The molecule has 1 aromatic carbocycles. The zero-order valence-electron chi connectivity index (χ0n) is 11.1. The summed E-state index contributed by atoms with van der Waals surface area (Å²) in [5.74, 6) is -0.316. The number of hydrogen-bond donors (Lipinski definition) is 1. The minimum absolute atomic E-state index is 0.0905. The van der Waals surface area contributed by atoms with Crippen molar-refractivity contribution in [1.29, 1.82) is 0 Å². The Kier molecular flexibility index (Phi) is 4.32. The lowest BCUT2D eigenvalue weighted by Crippen LogP contribution is -2.30. The highest BCUT2D eigenvalue weighted by Gasteiger charge is 2.31. The molecule has 0 fully saturated rings. The topological polar surface area (TPSA) is 65.0 Å². The molecule has 0 spiro atoms. The number of aromatic carboxylic acids is 1. The highest BCUT2D eigenvalue weighted by atomic mass is 16.6. The van der Waals surface area contributed by atoms with Gasteiger partial charge >= 0.3 is 13.1 Å². The first kappa shape index (κ1) is 13.7. The molecule has 0 aromatic heterocycles. The van der Waals surface area contributed by atoms with Gasteiger partial charge in [0.05, 0.1) is 6.61 Å². The number of aryl methyl sites for hydroxylation is 1. The van der Waals surface area contributed by atoms with E-state index in [0.717, 1.165) is 24.7 Å². The Bertz CT molecular complexity index is 474. The SMILES string of the molecule is CCCOc1ccc2c(c1C(=O)O)OB(OC)CC2. The van der Waals surface area contributed by atoms with Crippen molar-refractivity contribution in [3.05, 3.63) is 23.3 Å². The third-order valence-corrected chi connectivity index (χ3v) is 3.04. The Balaban J connectivity index is 2.40. The van der Waals surface area contributed by atoms with Gasteiger partial charge in [0.2, 0.25) is 0 Å². The predicted molar refractivity (Wildman–Crippen MR) is 71.1 cm³/mol. The van der Waals surface area contributed by atoms with Gasteiger partial charge in [-0.1, -0.05) is 13.0 Å². The van der Waals surface area contributed by atoms with Crippen molar-refractivity contribution in [2.75, 3.05) is 13.7 Å². The van der Waals surface area contributed by atoms with Crippen LogP contribution >= 0.6 is 0 Å². The Morgan fingerprint density at radius 1 is 1.53 bits per heavy atom. The molecule has 102 valence electrons. The van der Waals surface area contributed by atoms with Gasteiger partial charge in [-0.2, -0.15) is 0 Å². The van der Waals surface area contributed by atoms with E-state index in [-0.39, 0.29) is 5.56 Å². The summed E-state index contributed by atoms with van der Waals surface area (Å²) in [6, 6.07) is 3.56. The summed E-state index contributed by atoms with van der Waals surface area (Å²) < 4.78 is 16.2. The maximum absolute atomic E-state index is 11.5. The molecule has 0 bridgehead atoms. The lowest BCUT2D eigenvalue weighted by molar-refractivity contribution is 0.0689. The van der Waals surface area contributed by atoms with Crippen LogP contribution in [0.25, 0.3) is 0 Å². The fraction of sp³-hybridized carbons (Fsp3) is 0.462. The van der Waals surface area contributed by atoms with E-state index in [9.17, 15) is 9.90 Å². The van der Waals surface area contributed by atoms with E-state index in [1.54, 1.807) is 13.2 Å². The molecule has 0 saturated heterocycles. The van der Waals surface area contributed by atoms with Crippen molar-refractivity contribution in [2.45, 2.75) is 26.1 Å². The molecule has 0 atom stereocenters. The van der Waals surface area contributed by atoms with Crippen LogP contribution in [-0.2, 0) is 11.1 Å². The predicted octanol–water partition coefficient (Wildman–Crippen LogP) is 2.24. The molecule has 1 aromatic rings. The highest BCUT2D eigenvalue weighted by Crippen LogP contribution is 2.36. The number of ether oxygens (including phenoxy) is 1. The van der Waals surface area contributed by atoms with Crippen molar-refractivity contribution in [2.24, 2.45) is 0 Å². The summed E-state index contributed by atoms with van der Waals surface area (Å²) in [4.78, 5) is 11.5. The average molecular weight is 264 g/mol. The Morgan fingerprint density at radius 3 is 2.95 bits per heavy atom. The van der Waals surface area contributed by atoms with Crippen molar-refractivity contribution >= 4 is 13.1 Å². The molecule has 19 heavy (non-hydrogen) atoms. The molecule has 0 unspecified atom stereocenters. The van der Waals surface area contributed by atoms with E-state index >= 15 is 0 Å². The smallest absolute Gasteiger partial charge is 0.525 e. The van der Waals surface area contributed by atoms with Crippen LogP contribution in [0.3, 0.4) is 0 Å². The van der Waals surface area contributed by atoms with E-state index in [1.807, 2.05) is 13.0 Å². The van der Waals surface area contributed by atoms with Gasteiger partial charge in [-0.25, -0.2) is 4.79 Å². The first-order chi connectivity index (χ1) is 9.17. The molecule has 0 radical (unpaired) electrons. The van der Waals surface area contributed by atoms with Crippen molar-refractivity contribution in [3.8, 4) is 11.5 Å². The Morgan fingerprint density at radius 2 is 2.32 bits per heavy atom. The van der Waals surface area contributed by atoms with Gasteiger partial charge < -0.3 is 19.2 Å². The van der Waals surface area contributed by atoms with Gasteiger partial charge in [0.1, 0.15) is 17.1 Å². The maximum Gasteiger partial charge on any atom is 0.525 e. The zero-order chi connectivity index (χ0) is 13.8. The summed E-state index contributed by atoms with van der Waals surface area (Å²) in [5.41, 5.74) is 0.974. The van der Waals surface area contributed by atoms with Crippen molar-refractivity contribution < 1.29 is 23.9 Å². The van der Waals surface area contributed by atoms with Crippen LogP contribution in [0, 0.1) is 0 Å². The number of benzene rings is 1. The fourth-order valence-corrected chi connectivity index (χ4v) is 2.10. The normalized spacial score (nSPS) is 13.7. The third-order valence-electron chi connectivity index (χ3n) is 3.04. The molecule has 6 heteroatoms. The van der Waals surface area contributed by atoms with Crippen LogP contribution in [0.4, 0.5) is 0 Å². The molecular formula is C13H17BO5. The lowest BCUT2D eigenvalue weighted by Gasteiger charge is -2.24. The van der Waals surface area contributed by atoms with Crippen LogP contribution in [0.2, 0.25) is 6.32 Å². The molecule has 5 nitrogen and oxygen atoms in total. The number of carboxylic acid groups (broad SMARTS) is 1. The van der Waals surface area contributed by atoms with Crippen LogP contribution < -0.4 is 9.39 Å². The Labute approximate surface area is 112 Å². The molecular weight excluding hydrogens is 247 g/mol. The third kappa shape index (κ3) is 2.84. The van der Waals surface area contributed by atoms with E-state index in [1.165, 1.54) is 0 Å². The average Bonchev–Trinajstić information content (AvgIpc) is 2.43. The van der Waals surface area contributed by atoms with E-state index in [0.29, 0.717) is 18.1 Å². The second-order valence-electron chi connectivity index (χ2n) is 4.40. The quantitative estimate of drug-likeness (QED) is 0.826. The van der Waals surface area contributed by atoms with E-state index in [4.69, 9.17) is 14.0 Å². The zero-order valence-corrected chi connectivity index (χ0v) is 11.1. The molecule has 1 N–H and O–H groups in total. The number of rotatable bonds is 5. The molecule has 1 aliphatic heterocycles. The van der Waals surface area contributed by atoms with Gasteiger partial charge in [-0.15, -0.1) is 0 Å². The second kappa shape index (κ2) is 5.97. The first-order valence-electron chi connectivity index (χ1n) is 6.38.